The van der Waals surface area contributed by atoms with Crippen LogP contribution in [0.4, 0.5) is 13.2 Å². The van der Waals surface area contributed by atoms with E-state index >= 15 is 0 Å². The second-order valence-corrected chi connectivity index (χ2v) is 5.86. The van der Waals surface area contributed by atoms with E-state index in [9.17, 15) is 26.1 Å². The highest BCUT2D eigenvalue weighted by atomic mass is 32.2. The van der Waals surface area contributed by atoms with Crippen molar-refractivity contribution in [3.05, 3.63) is 53.6 Å². The molecular weight excluding hydrogens is 305 g/mol. The zero-order valence-electron chi connectivity index (χ0n) is 10.8. The van der Waals surface area contributed by atoms with Crippen LogP contribution in [0.1, 0.15) is 11.1 Å². The SMILES string of the molecule is Cc1cccc(S(=O)(=O)O)c1-c1ccccc1C(F)(F)F. The van der Waals surface area contributed by atoms with Crippen LogP contribution in [0.3, 0.4) is 0 Å². The van der Waals surface area contributed by atoms with E-state index in [1.165, 1.54) is 37.3 Å². The molecule has 112 valence electrons. The van der Waals surface area contributed by atoms with E-state index in [-0.39, 0.29) is 11.1 Å². The van der Waals surface area contributed by atoms with Crippen molar-refractivity contribution in [3.63, 3.8) is 0 Å². The summed E-state index contributed by atoms with van der Waals surface area (Å²) < 4.78 is 71.3. The molecule has 0 atom stereocenters. The van der Waals surface area contributed by atoms with Crippen molar-refractivity contribution in [2.24, 2.45) is 0 Å². The van der Waals surface area contributed by atoms with Gasteiger partial charge < -0.3 is 0 Å². The van der Waals surface area contributed by atoms with Crippen LogP contribution in [0.25, 0.3) is 11.1 Å². The second-order valence-electron chi connectivity index (χ2n) is 4.47. The summed E-state index contributed by atoms with van der Waals surface area (Å²) in [5.41, 5.74) is -1.06. The average molecular weight is 316 g/mol. The van der Waals surface area contributed by atoms with Crippen LogP contribution in [0.15, 0.2) is 47.4 Å². The molecule has 0 saturated carbocycles. The summed E-state index contributed by atoms with van der Waals surface area (Å²) in [4.78, 5) is -0.542. The average Bonchev–Trinajstić information content (AvgIpc) is 2.36. The zero-order valence-corrected chi connectivity index (χ0v) is 11.7. The van der Waals surface area contributed by atoms with Gasteiger partial charge >= 0.3 is 6.18 Å². The van der Waals surface area contributed by atoms with Gasteiger partial charge in [-0.25, -0.2) is 0 Å². The minimum Gasteiger partial charge on any atom is -0.282 e. The van der Waals surface area contributed by atoms with Gasteiger partial charge in [-0.3, -0.25) is 4.55 Å². The fourth-order valence-electron chi connectivity index (χ4n) is 2.15. The minimum absolute atomic E-state index is 0.145. The Balaban J connectivity index is 2.87. The summed E-state index contributed by atoms with van der Waals surface area (Å²) >= 11 is 0. The fraction of sp³-hybridized carbons (Fsp3) is 0.143. The molecule has 7 heteroatoms. The van der Waals surface area contributed by atoms with E-state index in [1.54, 1.807) is 0 Å². The molecule has 0 saturated heterocycles. The molecule has 0 amide bonds. The molecule has 0 aromatic heterocycles. The summed E-state index contributed by atoms with van der Waals surface area (Å²) in [6.45, 7) is 1.48. The van der Waals surface area contributed by atoms with Gasteiger partial charge in [-0.15, -0.1) is 0 Å². The summed E-state index contributed by atoms with van der Waals surface area (Å²) in [6.07, 6.45) is -4.63. The monoisotopic (exact) mass is 316 g/mol. The first-order valence-electron chi connectivity index (χ1n) is 5.86. The highest BCUT2D eigenvalue weighted by Gasteiger charge is 2.34. The third-order valence-corrected chi connectivity index (χ3v) is 3.91. The normalized spacial score (nSPS) is 12.4. The quantitative estimate of drug-likeness (QED) is 0.854. The Labute approximate surface area is 119 Å². The molecule has 1 N–H and O–H groups in total. The van der Waals surface area contributed by atoms with Crippen LogP contribution in [0.2, 0.25) is 0 Å². The number of aryl methyl sites for hydroxylation is 1. The first kappa shape index (κ1) is 15.5. The molecule has 0 radical (unpaired) electrons. The van der Waals surface area contributed by atoms with Crippen LogP contribution in [-0.2, 0) is 16.3 Å². The summed E-state index contributed by atoms with van der Waals surface area (Å²) in [5, 5.41) is 0. The van der Waals surface area contributed by atoms with Gasteiger partial charge in [0.2, 0.25) is 0 Å². The van der Waals surface area contributed by atoms with E-state index < -0.39 is 26.8 Å². The summed E-state index contributed by atoms with van der Waals surface area (Å²) in [5.74, 6) is 0. The maximum absolute atomic E-state index is 13.1. The van der Waals surface area contributed by atoms with Crippen LogP contribution in [0.5, 0.6) is 0 Å². The number of halogens is 3. The Morgan fingerprint density at radius 1 is 1.00 bits per heavy atom. The number of rotatable bonds is 2. The minimum atomic E-state index is -4.63. The molecular formula is C14H11F3O3S. The second kappa shape index (κ2) is 5.16. The topological polar surface area (TPSA) is 54.4 Å². The van der Waals surface area contributed by atoms with Gasteiger partial charge in [-0.1, -0.05) is 30.3 Å². The molecule has 0 unspecified atom stereocenters. The van der Waals surface area contributed by atoms with Gasteiger partial charge in [-0.2, -0.15) is 21.6 Å². The third kappa shape index (κ3) is 3.08. The van der Waals surface area contributed by atoms with Gasteiger partial charge in [0, 0.05) is 5.56 Å². The van der Waals surface area contributed by atoms with Crippen molar-refractivity contribution in [2.75, 3.05) is 0 Å². The van der Waals surface area contributed by atoms with Crippen molar-refractivity contribution >= 4 is 10.1 Å². The molecule has 2 aromatic rings. The molecule has 0 aliphatic rings. The molecule has 2 aromatic carbocycles. The Morgan fingerprint density at radius 2 is 1.62 bits per heavy atom. The first-order chi connectivity index (χ1) is 9.62. The zero-order chi connectivity index (χ0) is 15.8. The van der Waals surface area contributed by atoms with E-state index in [0.29, 0.717) is 5.56 Å². The third-order valence-electron chi connectivity index (χ3n) is 3.01. The Kier molecular flexibility index (Phi) is 3.81. The lowest BCUT2D eigenvalue weighted by Crippen LogP contribution is -2.09. The van der Waals surface area contributed by atoms with Crippen molar-refractivity contribution in [3.8, 4) is 11.1 Å². The van der Waals surface area contributed by atoms with Crippen molar-refractivity contribution in [1.82, 2.24) is 0 Å². The molecule has 0 spiro atoms. The van der Waals surface area contributed by atoms with E-state index in [0.717, 1.165) is 12.1 Å². The maximum Gasteiger partial charge on any atom is 0.417 e. The lowest BCUT2D eigenvalue weighted by Gasteiger charge is -2.16. The molecule has 0 bridgehead atoms. The lowest BCUT2D eigenvalue weighted by atomic mass is 9.95. The Hall–Kier alpha value is -1.86. The molecule has 0 heterocycles. The number of benzene rings is 2. The van der Waals surface area contributed by atoms with Crippen LogP contribution < -0.4 is 0 Å². The maximum atomic E-state index is 13.1. The van der Waals surface area contributed by atoms with Crippen LogP contribution >= 0.6 is 0 Å². The fourth-order valence-corrected chi connectivity index (χ4v) is 2.93. The molecule has 21 heavy (non-hydrogen) atoms. The highest BCUT2D eigenvalue weighted by Crippen LogP contribution is 2.40. The van der Waals surface area contributed by atoms with Crippen molar-refractivity contribution < 1.29 is 26.1 Å². The predicted molar refractivity (Wildman–Crippen MR) is 71.4 cm³/mol. The highest BCUT2D eigenvalue weighted by molar-refractivity contribution is 7.86. The van der Waals surface area contributed by atoms with E-state index in [4.69, 9.17) is 0 Å². The predicted octanol–water partition coefficient (Wildman–Crippen LogP) is 3.93. The number of hydrogen-bond acceptors (Lipinski definition) is 2. The number of alkyl halides is 3. The van der Waals surface area contributed by atoms with E-state index in [2.05, 4.69) is 0 Å². The first-order valence-corrected chi connectivity index (χ1v) is 7.30. The Bertz CT molecular complexity index is 780. The smallest absolute Gasteiger partial charge is 0.282 e. The lowest BCUT2D eigenvalue weighted by molar-refractivity contribution is -0.137. The van der Waals surface area contributed by atoms with Crippen LogP contribution in [0, 0.1) is 6.92 Å². The molecule has 0 aliphatic heterocycles. The summed E-state index contributed by atoms with van der Waals surface area (Å²) in [6, 6.07) is 8.57. The number of hydrogen-bond donors (Lipinski definition) is 1. The van der Waals surface area contributed by atoms with Crippen molar-refractivity contribution in [1.29, 1.82) is 0 Å². The molecule has 0 aliphatic carbocycles. The molecule has 0 fully saturated rings. The largest absolute Gasteiger partial charge is 0.417 e. The van der Waals surface area contributed by atoms with Gasteiger partial charge in [-0.05, 0) is 30.2 Å². The van der Waals surface area contributed by atoms with Gasteiger partial charge in [0.1, 0.15) is 4.90 Å². The molecule has 2 rings (SSSR count). The van der Waals surface area contributed by atoms with Crippen LogP contribution in [-0.4, -0.2) is 13.0 Å². The van der Waals surface area contributed by atoms with Gasteiger partial charge in [0.15, 0.2) is 0 Å². The van der Waals surface area contributed by atoms with Gasteiger partial charge in [0.25, 0.3) is 10.1 Å². The standard InChI is InChI=1S/C14H11F3O3S/c1-9-5-4-8-12(21(18,19)20)13(9)10-6-2-3-7-11(10)14(15,16)17/h2-8H,1H3,(H,18,19,20). The van der Waals surface area contributed by atoms with Gasteiger partial charge in [0.05, 0.1) is 5.56 Å². The van der Waals surface area contributed by atoms with Crippen molar-refractivity contribution in [2.45, 2.75) is 18.0 Å². The molecule has 3 nitrogen and oxygen atoms in total. The van der Waals surface area contributed by atoms with E-state index in [1.807, 2.05) is 0 Å². The summed E-state index contributed by atoms with van der Waals surface area (Å²) in [7, 11) is -4.63. The Morgan fingerprint density at radius 3 is 2.19 bits per heavy atom.